The Bertz CT molecular complexity index is 1330. The standard InChI is InChI=1S/C20H14F4N2O4S/c1-29-15-6-10(5-13(21)17(15)27)7-16-18(28)26-9-14(25-19(26)31-16)11-3-2-4-12(8-11)30-20(22,23)24/h2-8,14,27H,9H2,1H3/b16-7-. The molecule has 4 rings (SSSR count). The molecule has 1 aliphatic heterocycles. The highest BCUT2D eigenvalue weighted by molar-refractivity contribution is 7.07. The Hall–Kier alpha value is -3.34. The Morgan fingerprint density at radius 1 is 1.29 bits per heavy atom. The molecule has 3 aromatic rings. The Labute approximate surface area is 175 Å². The molecule has 11 heteroatoms. The van der Waals surface area contributed by atoms with Gasteiger partial charge < -0.3 is 14.6 Å². The van der Waals surface area contributed by atoms with Crippen molar-refractivity contribution in [3.05, 3.63) is 73.0 Å². The molecule has 2 aromatic carbocycles. The minimum Gasteiger partial charge on any atom is -0.502 e. The smallest absolute Gasteiger partial charge is 0.502 e. The molecule has 6 nitrogen and oxygen atoms in total. The maximum Gasteiger partial charge on any atom is 0.573 e. The first-order chi connectivity index (χ1) is 14.6. The summed E-state index contributed by atoms with van der Waals surface area (Å²) in [6.07, 6.45) is -3.35. The number of aromatic hydroxyl groups is 1. The highest BCUT2D eigenvalue weighted by Gasteiger charge is 2.31. The number of nitrogens with zero attached hydrogens (tertiary/aromatic N) is 2. The van der Waals surface area contributed by atoms with Gasteiger partial charge in [0, 0.05) is 0 Å². The fraction of sp³-hybridized carbons (Fsp3) is 0.200. The number of alkyl halides is 3. The summed E-state index contributed by atoms with van der Waals surface area (Å²) in [5.74, 6) is -1.94. The highest BCUT2D eigenvalue weighted by atomic mass is 32.1. The summed E-state index contributed by atoms with van der Waals surface area (Å²) in [5.41, 5.74) is 0.438. The minimum absolute atomic E-state index is 0.0684. The van der Waals surface area contributed by atoms with E-state index in [0.717, 1.165) is 17.4 Å². The zero-order chi connectivity index (χ0) is 22.3. The minimum atomic E-state index is -4.80. The van der Waals surface area contributed by atoms with Crippen molar-refractivity contribution < 1.29 is 32.1 Å². The van der Waals surface area contributed by atoms with Gasteiger partial charge in [0.2, 0.25) is 0 Å². The van der Waals surface area contributed by atoms with Gasteiger partial charge in [-0.15, -0.1) is 13.2 Å². The molecule has 31 heavy (non-hydrogen) atoms. The van der Waals surface area contributed by atoms with Crippen molar-refractivity contribution in [2.45, 2.75) is 18.9 Å². The summed E-state index contributed by atoms with van der Waals surface area (Å²) in [6.45, 7) is 0.154. The van der Waals surface area contributed by atoms with Gasteiger partial charge in [-0.2, -0.15) is 0 Å². The van der Waals surface area contributed by atoms with Crippen LogP contribution in [0.15, 0.2) is 46.2 Å². The summed E-state index contributed by atoms with van der Waals surface area (Å²) < 4.78 is 61.7. The Morgan fingerprint density at radius 2 is 2.06 bits per heavy atom. The van der Waals surface area contributed by atoms with Gasteiger partial charge in [-0.3, -0.25) is 9.36 Å². The maximum atomic E-state index is 13.8. The predicted molar refractivity (Wildman–Crippen MR) is 103 cm³/mol. The maximum absolute atomic E-state index is 13.8. The van der Waals surface area contributed by atoms with Gasteiger partial charge in [0.1, 0.15) is 5.75 Å². The van der Waals surface area contributed by atoms with Crippen LogP contribution >= 0.6 is 11.3 Å². The van der Waals surface area contributed by atoms with Gasteiger partial charge in [-0.05, 0) is 41.5 Å². The van der Waals surface area contributed by atoms with Crippen molar-refractivity contribution in [2.75, 3.05) is 7.11 Å². The van der Waals surface area contributed by atoms with Gasteiger partial charge in [0.05, 0.1) is 24.2 Å². The zero-order valence-corrected chi connectivity index (χ0v) is 16.6. The van der Waals surface area contributed by atoms with Crippen molar-refractivity contribution in [2.24, 2.45) is 4.99 Å². The number of methoxy groups -OCH3 is 1. The lowest BCUT2D eigenvalue weighted by atomic mass is 10.1. The number of ether oxygens (including phenoxy) is 2. The van der Waals surface area contributed by atoms with Crippen molar-refractivity contribution in [3.8, 4) is 17.2 Å². The van der Waals surface area contributed by atoms with Gasteiger partial charge in [0.25, 0.3) is 5.56 Å². The molecule has 0 aliphatic carbocycles. The molecule has 0 bridgehead atoms. The van der Waals surface area contributed by atoms with E-state index < -0.39 is 24.0 Å². The normalized spacial score (nSPS) is 16.2. The van der Waals surface area contributed by atoms with E-state index in [1.807, 2.05) is 0 Å². The fourth-order valence-corrected chi connectivity index (χ4v) is 4.23. The summed E-state index contributed by atoms with van der Waals surface area (Å²) in [5, 5.41) is 9.59. The van der Waals surface area contributed by atoms with Crippen LogP contribution in [0.4, 0.5) is 17.6 Å². The highest BCUT2D eigenvalue weighted by Crippen LogP contribution is 2.30. The van der Waals surface area contributed by atoms with E-state index in [-0.39, 0.29) is 23.6 Å². The number of rotatable bonds is 4. The molecule has 1 atom stereocenters. The second-order valence-electron chi connectivity index (χ2n) is 6.63. The van der Waals surface area contributed by atoms with Crippen molar-refractivity contribution in [1.82, 2.24) is 4.57 Å². The predicted octanol–water partition coefficient (Wildman–Crippen LogP) is 2.87. The first kappa shape index (κ1) is 20.9. The largest absolute Gasteiger partial charge is 0.573 e. The second-order valence-corrected chi connectivity index (χ2v) is 7.64. The summed E-state index contributed by atoms with van der Waals surface area (Å²) in [4.78, 5) is 17.6. The summed E-state index contributed by atoms with van der Waals surface area (Å²) in [7, 11) is 1.28. The average molecular weight is 454 g/mol. The Kier molecular flexibility index (Phi) is 5.21. The van der Waals surface area contributed by atoms with Gasteiger partial charge >= 0.3 is 6.36 Å². The number of hydrogen-bond donors (Lipinski definition) is 1. The third-order valence-electron chi connectivity index (χ3n) is 4.55. The number of phenols is 1. The first-order valence-electron chi connectivity index (χ1n) is 8.86. The van der Waals surface area contributed by atoms with Gasteiger partial charge in [-0.25, -0.2) is 9.38 Å². The lowest BCUT2D eigenvalue weighted by Gasteiger charge is -2.12. The SMILES string of the molecule is COc1cc(/C=c2\sc3n(c2=O)CC(c2cccc(OC(F)(F)F)c2)N=3)cc(F)c1O. The molecule has 0 amide bonds. The number of fused-ring (bicyclic) bond motifs is 1. The molecule has 0 radical (unpaired) electrons. The van der Waals surface area contributed by atoms with E-state index in [1.54, 1.807) is 6.07 Å². The third-order valence-corrected chi connectivity index (χ3v) is 5.58. The summed E-state index contributed by atoms with van der Waals surface area (Å²) in [6, 6.07) is 7.38. The molecule has 162 valence electrons. The van der Waals surface area contributed by atoms with Crippen LogP contribution in [-0.4, -0.2) is 23.1 Å². The van der Waals surface area contributed by atoms with Crippen LogP contribution in [0.1, 0.15) is 17.2 Å². The van der Waals surface area contributed by atoms with E-state index >= 15 is 0 Å². The van der Waals surface area contributed by atoms with Crippen LogP contribution in [0.3, 0.4) is 0 Å². The van der Waals surface area contributed by atoms with Crippen molar-refractivity contribution in [1.29, 1.82) is 0 Å². The van der Waals surface area contributed by atoms with Crippen LogP contribution in [0.5, 0.6) is 17.2 Å². The number of halogens is 4. The quantitative estimate of drug-likeness (QED) is 0.616. The van der Waals surface area contributed by atoms with Crippen molar-refractivity contribution in [3.63, 3.8) is 0 Å². The average Bonchev–Trinajstić information content (AvgIpc) is 3.23. The molecular weight excluding hydrogens is 440 g/mol. The molecule has 0 spiro atoms. The molecule has 1 aromatic heterocycles. The van der Waals surface area contributed by atoms with E-state index in [4.69, 9.17) is 4.74 Å². The van der Waals surface area contributed by atoms with Gasteiger partial charge in [-0.1, -0.05) is 23.5 Å². The second kappa shape index (κ2) is 7.73. The van der Waals surface area contributed by atoms with Crippen LogP contribution in [0.25, 0.3) is 6.08 Å². The molecule has 1 N–H and O–H groups in total. The van der Waals surface area contributed by atoms with Crippen molar-refractivity contribution >= 4 is 17.4 Å². The molecule has 0 saturated heterocycles. The number of aromatic nitrogens is 1. The van der Waals surface area contributed by atoms with Gasteiger partial charge in [0.15, 0.2) is 22.1 Å². The number of benzene rings is 2. The van der Waals surface area contributed by atoms with Crippen LogP contribution in [0.2, 0.25) is 0 Å². The lowest BCUT2D eigenvalue weighted by molar-refractivity contribution is -0.274. The molecule has 0 saturated carbocycles. The zero-order valence-electron chi connectivity index (χ0n) is 15.8. The molecule has 1 aliphatic rings. The van der Waals surface area contributed by atoms with E-state index in [2.05, 4.69) is 9.73 Å². The molecule has 1 unspecified atom stereocenters. The van der Waals surface area contributed by atoms with Crippen LogP contribution in [0, 0.1) is 5.82 Å². The van der Waals surface area contributed by atoms with Crippen LogP contribution < -0.4 is 24.4 Å². The Balaban J connectivity index is 1.68. The number of thiazole rings is 1. The van der Waals surface area contributed by atoms with E-state index in [9.17, 15) is 27.5 Å². The molecule has 0 fully saturated rings. The van der Waals surface area contributed by atoms with Crippen LogP contribution in [-0.2, 0) is 6.54 Å². The third kappa shape index (κ3) is 4.26. The first-order valence-corrected chi connectivity index (χ1v) is 9.67. The number of hydrogen-bond acceptors (Lipinski definition) is 6. The number of phenolic OH excluding ortho intramolecular Hbond substituents is 1. The molecule has 2 heterocycles. The monoisotopic (exact) mass is 454 g/mol. The Morgan fingerprint density at radius 3 is 2.74 bits per heavy atom. The molecular formula is C20H14F4N2O4S. The fourth-order valence-electron chi connectivity index (χ4n) is 3.20. The topological polar surface area (TPSA) is 73.0 Å². The lowest BCUT2D eigenvalue weighted by Crippen LogP contribution is -2.29. The summed E-state index contributed by atoms with van der Waals surface area (Å²) >= 11 is 1.07. The van der Waals surface area contributed by atoms with E-state index in [0.29, 0.717) is 20.5 Å². The van der Waals surface area contributed by atoms with E-state index in [1.165, 1.54) is 42.0 Å².